The van der Waals surface area contributed by atoms with Gasteiger partial charge in [-0.3, -0.25) is 9.59 Å². The standard InChI is InChI=1S/C22H20FNO5/c23-13-9-19(22(27)28)24(11-13)20(25)10-21(26)29-12-18-16-7-3-1-5-14(16)15-6-2-4-8-17(15)18/h1-8,13,18-19H,9-12H2,(H,27,28). The second-order valence-corrected chi connectivity index (χ2v) is 7.32. The molecule has 1 fully saturated rings. The van der Waals surface area contributed by atoms with Crippen molar-refractivity contribution >= 4 is 17.8 Å². The first-order valence-electron chi connectivity index (χ1n) is 9.46. The average molecular weight is 397 g/mol. The van der Waals surface area contributed by atoms with Crippen LogP contribution in [0.1, 0.15) is 29.9 Å². The summed E-state index contributed by atoms with van der Waals surface area (Å²) in [6, 6.07) is 14.5. The van der Waals surface area contributed by atoms with Crippen molar-refractivity contribution in [2.75, 3.05) is 13.2 Å². The van der Waals surface area contributed by atoms with Gasteiger partial charge in [0.05, 0.1) is 6.54 Å². The van der Waals surface area contributed by atoms with Crippen molar-refractivity contribution < 1.29 is 28.6 Å². The van der Waals surface area contributed by atoms with Gasteiger partial charge in [0, 0.05) is 12.3 Å². The lowest BCUT2D eigenvalue weighted by Gasteiger charge is -2.21. The Labute approximate surface area is 166 Å². The van der Waals surface area contributed by atoms with E-state index in [0.29, 0.717) is 0 Å². The highest BCUT2D eigenvalue weighted by molar-refractivity contribution is 5.96. The molecule has 0 radical (unpaired) electrons. The van der Waals surface area contributed by atoms with Crippen molar-refractivity contribution in [1.29, 1.82) is 0 Å². The van der Waals surface area contributed by atoms with Gasteiger partial charge in [-0.05, 0) is 22.3 Å². The highest BCUT2D eigenvalue weighted by Crippen LogP contribution is 2.44. The maximum atomic E-state index is 13.5. The fraction of sp³-hybridized carbons (Fsp3) is 0.318. The maximum absolute atomic E-state index is 13.5. The van der Waals surface area contributed by atoms with Crippen LogP contribution in [0.4, 0.5) is 4.39 Å². The summed E-state index contributed by atoms with van der Waals surface area (Å²) in [6.45, 7) is -0.235. The fourth-order valence-corrected chi connectivity index (χ4v) is 4.19. The van der Waals surface area contributed by atoms with Crippen molar-refractivity contribution in [2.24, 2.45) is 0 Å². The third-order valence-electron chi connectivity index (χ3n) is 5.52. The maximum Gasteiger partial charge on any atom is 0.326 e. The Balaban J connectivity index is 1.41. The smallest absolute Gasteiger partial charge is 0.326 e. The molecule has 1 aliphatic heterocycles. The fourth-order valence-electron chi connectivity index (χ4n) is 4.19. The first kappa shape index (κ1) is 19.1. The Morgan fingerprint density at radius 1 is 1.03 bits per heavy atom. The molecule has 0 bridgehead atoms. The van der Waals surface area contributed by atoms with E-state index >= 15 is 0 Å². The molecule has 2 aromatic carbocycles. The number of carbonyl (C=O) groups is 3. The van der Waals surface area contributed by atoms with Gasteiger partial charge in [-0.25, -0.2) is 9.18 Å². The Morgan fingerprint density at radius 3 is 2.21 bits per heavy atom. The number of amides is 1. The minimum atomic E-state index is -1.40. The van der Waals surface area contributed by atoms with Crippen LogP contribution in [-0.2, 0) is 19.1 Å². The molecule has 1 saturated heterocycles. The zero-order valence-electron chi connectivity index (χ0n) is 15.6. The van der Waals surface area contributed by atoms with E-state index in [4.69, 9.17) is 9.84 Å². The number of benzene rings is 2. The number of hydrogen-bond acceptors (Lipinski definition) is 4. The van der Waals surface area contributed by atoms with E-state index in [9.17, 15) is 18.8 Å². The number of carboxylic acid groups (broad SMARTS) is 1. The number of carboxylic acids is 1. The van der Waals surface area contributed by atoms with Crippen molar-refractivity contribution in [3.05, 3.63) is 59.7 Å². The summed E-state index contributed by atoms with van der Waals surface area (Å²) >= 11 is 0. The molecule has 29 heavy (non-hydrogen) atoms. The van der Waals surface area contributed by atoms with Crippen LogP contribution in [0.15, 0.2) is 48.5 Å². The Morgan fingerprint density at radius 2 is 1.62 bits per heavy atom. The van der Waals surface area contributed by atoms with Crippen molar-refractivity contribution in [1.82, 2.24) is 4.90 Å². The topological polar surface area (TPSA) is 83.9 Å². The summed E-state index contributed by atoms with van der Waals surface area (Å²) in [4.78, 5) is 36.7. The molecule has 7 heteroatoms. The van der Waals surface area contributed by atoms with Gasteiger partial charge in [0.25, 0.3) is 0 Å². The molecule has 1 heterocycles. The van der Waals surface area contributed by atoms with Gasteiger partial charge in [0.15, 0.2) is 0 Å². The normalized spacial score (nSPS) is 20.2. The average Bonchev–Trinajstić information content (AvgIpc) is 3.25. The Kier molecular flexibility index (Phi) is 5.05. The van der Waals surface area contributed by atoms with Crippen LogP contribution in [0.5, 0.6) is 0 Å². The first-order chi connectivity index (χ1) is 14.0. The van der Waals surface area contributed by atoms with Crippen molar-refractivity contribution in [3.8, 4) is 11.1 Å². The molecule has 2 aromatic rings. The molecular weight excluding hydrogens is 377 g/mol. The number of halogens is 1. The van der Waals surface area contributed by atoms with Crippen LogP contribution in [0, 0.1) is 0 Å². The summed E-state index contributed by atoms with van der Waals surface area (Å²) in [5, 5.41) is 9.14. The summed E-state index contributed by atoms with van der Waals surface area (Å²) in [5.41, 5.74) is 4.29. The highest BCUT2D eigenvalue weighted by atomic mass is 19.1. The first-order valence-corrected chi connectivity index (χ1v) is 9.46. The number of hydrogen-bond donors (Lipinski definition) is 1. The molecule has 1 N–H and O–H groups in total. The number of alkyl halides is 1. The Hall–Kier alpha value is -3.22. The molecule has 0 saturated carbocycles. The number of nitrogens with zero attached hydrogens (tertiary/aromatic N) is 1. The van der Waals surface area contributed by atoms with Gasteiger partial charge in [0.1, 0.15) is 25.2 Å². The predicted octanol–water partition coefficient (Wildman–Crippen LogP) is 2.76. The summed E-state index contributed by atoms with van der Waals surface area (Å²) in [6.07, 6.45) is -2.26. The highest BCUT2D eigenvalue weighted by Gasteiger charge is 2.40. The summed E-state index contributed by atoms with van der Waals surface area (Å²) in [5.74, 6) is -2.88. The molecule has 0 spiro atoms. The van der Waals surface area contributed by atoms with Gasteiger partial charge >= 0.3 is 11.9 Å². The van der Waals surface area contributed by atoms with Gasteiger partial charge in [-0.2, -0.15) is 0 Å². The molecule has 150 valence electrons. The summed E-state index contributed by atoms with van der Waals surface area (Å²) < 4.78 is 18.9. The number of carbonyl (C=O) groups excluding carboxylic acids is 2. The third-order valence-corrected chi connectivity index (χ3v) is 5.52. The number of fused-ring (bicyclic) bond motifs is 3. The molecular formula is C22H20FNO5. The lowest BCUT2D eigenvalue weighted by molar-refractivity contribution is -0.154. The van der Waals surface area contributed by atoms with E-state index < -0.39 is 36.5 Å². The lowest BCUT2D eigenvalue weighted by Crippen LogP contribution is -2.41. The summed E-state index contributed by atoms with van der Waals surface area (Å²) in [7, 11) is 0. The predicted molar refractivity (Wildman–Crippen MR) is 102 cm³/mol. The van der Waals surface area contributed by atoms with E-state index in [2.05, 4.69) is 0 Å². The van der Waals surface area contributed by atoms with Crippen molar-refractivity contribution in [3.63, 3.8) is 0 Å². The van der Waals surface area contributed by atoms with Crippen LogP contribution in [0.25, 0.3) is 11.1 Å². The Bertz CT molecular complexity index is 930. The molecule has 2 aliphatic rings. The van der Waals surface area contributed by atoms with Gasteiger partial charge in [-0.1, -0.05) is 48.5 Å². The zero-order valence-corrected chi connectivity index (χ0v) is 15.6. The minimum Gasteiger partial charge on any atom is -0.480 e. The van der Waals surface area contributed by atoms with E-state index in [1.165, 1.54) is 0 Å². The van der Waals surface area contributed by atoms with Gasteiger partial charge < -0.3 is 14.7 Å². The lowest BCUT2D eigenvalue weighted by atomic mass is 9.98. The molecule has 2 atom stereocenters. The zero-order chi connectivity index (χ0) is 20.5. The van der Waals surface area contributed by atoms with E-state index in [1.54, 1.807) is 0 Å². The van der Waals surface area contributed by atoms with Gasteiger partial charge in [0.2, 0.25) is 5.91 Å². The van der Waals surface area contributed by atoms with E-state index in [0.717, 1.165) is 27.2 Å². The van der Waals surface area contributed by atoms with Crippen LogP contribution < -0.4 is 0 Å². The quantitative estimate of drug-likeness (QED) is 0.620. The van der Waals surface area contributed by atoms with Crippen molar-refractivity contribution in [2.45, 2.75) is 31.0 Å². The molecule has 1 aliphatic carbocycles. The molecule has 4 rings (SSSR count). The van der Waals surface area contributed by atoms with Crippen LogP contribution in [0.2, 0.25) is 0 Å². The van der Waals surface area contributed by atoms with Gasteiger partial charge in [-0.15, -0.1) is 0 Å². The van der Waals surface area contributed by atoms with E-state index in [1.807, 2.05) is 48.5 Å². The second-order valence-electron chi connectivity index (χ2n) is 7.32. The largest absolute Gasteiger partial charge is 0.480 e. The number of aliphatic carboxylic acids is 1. The van der Waals surface area contributed by atoms with E-state index in [-0.39, 0.29) is 25.5 Å². The number of rotatable bonds is 5. The number of likely N-dealkylation sites (tertiary alicyclic amines) is 1. The van der Waals surface area contributed by atoms with Crippen LogP contribution >= 0.6 is 0 Å². The monoisotopic (exact) mass is 397 g/mol. The molecule has 1 amide bonds. The second kappa shape index (κ2) is 7.66. The molecule has 6 nitrogen and oxygen atoms in total. The SMILES string of the molecule is O=C(CC(=O)N1CC(F)CC1C(=O)O)OCC1c2ccccc2-c2ccccc21. The molecule has 2 unspecified atom stereocenters. The number of ether oxygens (including phenoxy) is 1. The van der Waals surface area contributed by atoms with Crippen LogP contribution in [0.3, 0.4) is 0 Å². The van der Waals surface area contributed by atoms with Crippen LogP contribution in [-0.4, -0.2) is 53.2 Å². The molecule has 0 aromatic heterocycles. The number of esters is 1. The third kappa shape index (κ3) is 3.60. The minimum absolute atomic E-state index is 0.0776.